The maximum atomic E-state index is 12.5. The summed E-state index contributed by atoms with van der Waals surface area (Å²) in [7, 11) is 0. The van der Waals surface area contributed by atoms with Crippen LogP contribution in [-0.4, -0.2) is 20.7 Å². The quantitative estimate of drug-likeness (QED) is 0.770. The van der Waals surface area contributed by atoms with Crippen LogP contribution in [0.5, 0.6) is 0 Å². The summed E-state index contributed by atoms with van der Waals surface area (Å²) < 4.78 is 1.32. The molecular weight excluding hydrogens is 252 g/mol. The van der Waals surface area contributed by atoms with E-state index in [-0.39, 0.29) is 5.91 Å². The van der Waals surface area contributed by atoms with Crippen LogP contribution in [0, 0.1) is 0 Å². The first kappa shape index (κ1) is 12.1. The number of hydrogen-bond acceptors (Lipinski definition) is 4. The van der Waals surface area contributed by atoms with E-state index in [4.69, 9.17) is 5.73 Å². The number of rotatable bonds is 2. The van der Waals surface area contributed by atoms with Crippen LogP contribution in [0.4, 0.5) is 5.82 Å². The van der Waals surface area contributed by atoms with Crippen molar-refractivity contribution in [2.75, 3.05) is 5.73 Å². The van der Waals surface area contributed by atoms with Crippen molar-refractivity contribution < 1.29 is 4.79 Å². The topological polar surface area (TPSA) is 73.8 Å². The summed E-state index contributed by atoms with van der Waals surface area (Å²) in [6.07, 6.45) is 3.14. The Morgan fingerprint density at radius 1 is 1.05 bits per heavy atom. The number of anilines is 1. The largest absolute Gasteiger partial charge is 0.382 e. The van der Waals surface area contributed by atoms with Crippen molar-refractivity contribution in [3.05, 3.63) is 66.5 Å². The Hall–Kier alpha value is -2.95. The Bertz CT molecular complexity index is 735. The number of carbonyl (C=O) groups excluding carboxylic acids is 1. The number of hydrogen-bond donors (Lipinski definition) is 1. The second-order valence-electron chi connectivity index (χ2n) is 4.27. The molecule has 0 atom stereocenters. The van der Waals surface area contributed by atoms with Crippen molar-refractivity contribution in [2.24, 2.45) is 0 Å². The molecule has 98 valence electrons. The summed E-state index contributed by atoms with van der Waals surface area (Å²) in [4.78, 5) is 16.4. The summed E-state index contributed by atoms with van der Waals surface area (Å²) in [5, 5.41) is 4.09. The Kier molecular flexibility index (Phi) is 3.01. The molecule has 0 aliphatic rings. The molecule has 0 bridgehead atoms. The first-order chi connectivity index (χ1) is 9.75. The zero-order valence-corrected chi connectivity index (χ0v) is 10.6. The molecule has 1 aromatic carbocycles. The van der Waals surface area contributed by atoms with Gasteiger partial charge in [0.25, 0.3) is 5.91 Å². The minimum Gasteiger partial charge on any atom is -0.382 e. The lowest BCUT2D eigenvalue weighted by atomic mass is 10.1. The fourth-order valence-corrected chi connectivity index (χ4v) is 1.99. The minimum absolute atomic E-state index is 0.233. The van der Waals surface area contributed by atoms with Gasteiger partial charge >= 0.3 is 0 Å². The number of carbonyl (C=O) groups is 1. The van der Waals surface area contributed by atoms with Crippen LogP contribution in [0.2, 0.25) is 0 Å². The second-order valence-corrected chi connectivity index (χ2v) is 4.27. The van der Waals surface area contributed by atoms with E-state index in [1.807, 2.05) is 30.3 Å². The highest BCUT2D eigenvalue weighted by Gasteiger charge is 2.16. The molecule has 0 aliphatic heterocycles. The maximum absolute atomic E-state index is 12.5. The van der Waals surface area contributed by atoms with Crippen molar-refractivity contribution in [3.63, 3.8) is 0 Å². The van der Waals surface area contributed by atoms with E-state index in [0.29, 0.717) is 17.1 Å². The maximum Gasteiger partial charge on any atom is 0.278 e. The first-order valence-electron chi connectivity index (χ1n) is 6.11. The highest BCUT2D eigenvalue weighted by Crippen LogP contribution is 2.22. The van der Waals surface area contributed by atoms with Gasteiger partial charge in [0.2, 0.25) is 0 Å². The molecule has 5 nitrogen and oxygen atoms in total. The predicted molar refractivity (Wildman–Crippen MR) is 76.0 cm³/mol. The molecule has 2 aromatic heterocycles. The molecule has 3 rings (SSSR count). The third-order valence-electron chi connectivity index (χ3n) is 2.92. The molecule has 0 fully saturated rings. The number of aromatic nitrogens is 3. The second kappa shape index (κ2) is 4.97. The van der Waals surface area contributed by atoms with Gasteiger partial charge < -0.3 is 5.73 Å². The van der Waals surface area contributed by atoms with Crippen LogP contribution in [0.3, 0.4) is 0 Å². The first-order valence-corrected chi connectivity index (χ1v) is 6.11. The lowest BCUT2D eigenvalue weighted by molar-refractivity contribution is 0.0947. The van der Waals surface area contributed by atoms with Crippen molar-refractivity contribution in [1.82, 2.24) is 14.8 Å². The third-order valence-corrected chi connectivity index (χ3v) is 2.92. The van der Waals surface area contributed by atoms with E-state index in [9.17, 15) is 4.79 Å². The lowest BCUT2D eigenvalue weighted by Crippen LogP contribution is -2.15. The van der Waals surface area contributed by atoms with Crippen LogP contribution >= 0.6 is 0 Å². The van der Waals surface area contributed by atoms with Gasteiger partial charge in [0.05, 0.1) is 5.69 Å². The van der Waals surface area contributed by atoms with E-state index < -0.39 is 0 Å². The molecule has 0 amide bonds. The Morgan fingerprint density at radius 3 is 2.45 bits per heavy atom. The van der Waals surface area contributed by atoms with Crippen molar-refractivity contribution in [1.29, 1.82) is 0 Å². The Balaban J connectivity index is 2.09. The standard InChI is InChI=1S/C15H12N4O/c16-14-10-13(11-4-2-1-3-5-11)19(18-14)15(20)12-6-8-17-9-7-12/h1-10H,(H2,16,18). The summed E-state index contributed by atoms with van der Waals surface area (Å²) in [6, 6.07) is 14.5. The molecular formula is C15H12N4O. The molecule has 0 saturated carbocycles. The van der Waals surface area contributed by atoms with Gasteiger partial charge in [-0.2, -0.15) is 4.68 Å². The highest BCUT2D eigenvalue weighted by atomic mass is 16.2. The average Bonchev–Trinajstić information content (AvgIpc) is 2.90. The molecule has 5 heteroatoms. The number of benzene rings is 1. The van der Waals surface area contributed by atoms with E-state index in [1.54, 1.807) is 30.6 Å². The van der Waals surface area contributed by atoms with Crippen LogP contribution < -0.4 is 5.73 Å². The molecule has 0 aliphatic carbocycles. The predicted octanol–water partition coefficient (Wildman–Crippen LogP) is 2.22. The summed E-state index contributed by atoms with van der Waals surface area (Å²) >= 11 is 0. The molecule has 0 unspecified atom stereocenters. The van der Waals surface area contributed by atoms with Gasteiger partial charge in [0, 0.05) is 29.6 Å². The fraction of sp³-hybridized carbons (Fsp3) is 0. The van der Waals surface area contributed by atoms with Crippen LogP contribution in [0.1, 0.15) is 10.4 Å². The van der Waals surface area contributed by atoms with E-state index >= 15 is 0 Å². The average molecular weight is 264 g/mol. The Morgan fingerprint density at radius 2 is 1.75 bits per heavy atom. The number of pyridine rings is 1. The molecule has 0 spiro atoms. The van der Waals surface area contributed by atoms with E-state index in [0.717, 1.165) is 5.56 Å². The van der Waals surface area contributed by atoms with Gasteiger partial charge in [-0.15, -0.1) is 5.10 Å². The molecule has 3 aromatic rings. The van der Waals surface area contributed by atoms with Crippen molar-refractivity contribution in [3.8, 4) is 11.3 Å². The van der Waals surface area contributed by atoms with Crippen LogP contribution in [0.15, 0.2) is 60.9 Å². The van der Waals surface area contributed by atoms with Crippen molar-refractivity contribution in [2.45, 2.75) is 0 Å². The van der Waals surface area contributed by atoms with E-state index in [1.165, 1.54) is 4.68 Å². The fourth-order valence-electron chi connectivity index (χ4n) is 1.99. The van der Waals surface area contributed by atoms with Gasteiger partial charge in [-0.25, -0.2) is 0 Å². The van der Waals surface area contributed by atoms with Gasteiger partial charge in [0.1, 0.15) is 5.82 Å². The summed E-state index contributed by atoms with van der Waals surface area (Å²) in [5.41, 5.74) is 7.81. The van der Waals surface area contributed by atoms with E-state index in [2.05, 4.69) is 10.1 Å². The number of nitrogens with two attached hydrogens (primary N) is 1. The van der Waals surface area contributed by atoms with Crippen LogP contribution in [-0.2, 0) is 0 Å². The van der Waals surface area contributed by atoms with Crippen molar-refractivity contribution >= 4 is 11.7 Å². The van der Waals surface area contributed by atoms with Crippen LogP contribution in [0.25, 0.3) is 11.3 Å². The van der Waals surface area contributed by atoms with Gasteiger partial charge in [-0.05, 0) is 12.1 Å². The molecule has 20 heavy (non-hydrogen) atoms. The molecule has 2 heterocycles. The monoisotopic (exact) mass is 264 g/mol. The smallest absolute Gasteiger partial charge is 0.278 e. The highest BCUT2D eigenvalue weighted by molar-refractivity contribution is 5.97. The normalized spacial score (nSPS) is 10.4. The molecule has 0 radical (unpaired) electrons. The van der Waals surface area contributed by atoms with Gasteiger partial charge in [0.15, 0.2) is 0 Å². The number of nitrogens with zero attached hydrogens (tertiary/aromatic N) is 3. The lowest BCUT2D eigenvalue weighted by Gasteiger charge is -2.05. The molecule has 0 saturated heterocycles. The van der Waals surface area contributed by atoms with Gasteiger partial charge in [-0.1, -0.05) is 30.3 Å². The zero-order chi connectivity index (χ0) is 13.9. The SMILES string of the molecule is Nc1cc(-c2ccccc2)n(C(=O)c2ccncc2)n1. The summed E-state index contributed by atoms with van der Waals surface area (Å²) in [6.45, 7) is 0. The minimum atomic E-state index is -0.233. The Labute approximate surface area is 115 Å². The molecule has 2 N–H and O–H groups in total. The summed E-state index contributed by atoms with van der Waals surface area (Å²) in [5.74, 6) is 0.0780. The number of nitrogen functional groups attached to an aromatic ring is 1. The third kappa shape index (κ3) is 2.16. The zero-order valence-electron chi connectivity index (χ0n) is 10.6. The van der Waals surface area contributed by atoms with Gasteiger partial charge in [-0.3, -0.25) is 9.78 Å².